The first-order valence-corrected chi connectivity index (χ1v) is 4.62. The third kappa shape index (κ3) is 2.70. The molecule has 1 amide bonds. The van der Waals surface area contributed by atoms with Crippen molar-refractivity contribution in [2.45, 2.75) is 19.8 Å². The first kappa shape index (κ1) is 11.0. The summed E-state index contributed by atoms with van der Waals surface area (Å²) in [6.07, 6.45) is 1.30. The molecular formula is C9H15NO4. The van der Waals surface area contributed by atoms with Crippen LogP contribution in [0.25, 0.3) is 0 Å². The molecule has 1 aliphatic heterocycles. The van der Waals surface area contributed by atoms with Crippen LogP contribution in [0.2, 0.25) is 0 Å². The predicted molar refractivity (Wildman–Crippen MR) is 48.8 cm³/mol. The van der Waals surface area contributed by atoms with Crippen molar-refractivity contribution in [1.29, 1.82) is 0 Å². The van der Waals surface area contributed by atoms with Crippen LogP contribution in [0.15, 0.2) is 0 Å². The normalized spacial score (nSPS) is 20.1. The van der Waals surface area contributed by atoms with Crippen LogP contribution in [-0.2, 0) is 14.3 Å². The van der Waals surface area contributed by atoms with Gasteiger partial charge >= 0.3 is 5.97 Å². The van der Waals surface area contributed by atoms with E-state index >= 15 is 0 Å². The summed E-state index contributed by atoms with van der Waals surface area (Å²) in [6, 6.07) is 0. The Bertz CT molecular complexity index is 233. The zero-order valence-electron chi connectivity index (χ0n) is 8.21. The van der Waals surface area contributed by atoms with Gasteiger partial charge in [0.25, 0.3) is 0 Å². The molecule has 0 unspecified atom stereocenters. The minimum Gasteiger partial charge on any atom is -0.480 e. The number of carbonyl (C=O) groups excluding carboxylic acids is 1. The molecule has 1 rings (SSSR count). The maximum atomic E-state index is 11.6. The van der Waals surface area contributed by atoms with Gasteiger partial charge in [-0.3, -0.25) is 9.59 Å². The van der Waals surface area contributed by atoms with Gasteiger partial charge in [0, 0.05) is 13.2 Å². The Morgan fingerprint density at radius 3 is 2.50 bits per heavy atom. The van der Waals surface area contributed by atoms with Crippen LogP contribution in [-0.4, -0.2) is 36.7 Å². The first-order valence-electron chi connectivity index (χ1n) is 4.62. The molecule has 0 aromatic heterocycles. The molecule has 1 aliphatic rings. The van der Waals surface area contributed by atoms with E-state index in [9.17, 15) is 9.59 Å². The Morgan fingerprint density at radius 1 is 1.43 bits per heavy atom. The van der Waals surface area contributed by atoms with Crippen molar-refractivity contribution >= 4 is 11.9 Å². The summed E-state index contributed by atoms with van der Waals surface area (Å²) in [5.41, 5.74) is -0.465. The molecular weight excluding hydrogens is 186 g/mol. The summed E-state index contributed by atoms with van der Waals surface area (Å²) in [7, 11) is 0. The smallest absolute Gasteiger partial charge is 0.322 e. The van der Waals surface area contributed by atoms with Crippen LogP contribution >= 0.6 is 0 Å². The van der Waals surface area contributed by atoms with E-state index in [0.29, 0.717) is 26.1 Å². The number of aliphatic carboxylic acids is 1. The lowest BCUT2D eigenvalue weighted by Gasteiger charge is -2.31. The highest BCUT2D eigenvalue weighted by Gasteiger charge is 2.34. The fourth-order valence-corrected chi connectivity index (χ4v) is 1.42. The summed E-state index contributed by atoms with van der Waals surface area (Å²) in [4.78, 5) is 21.8. The molecule has 0 aromatic rings. The van der Waals surface area contributed by atoms with Crippen LogP contribution in [0.5, 0.6) is 0 Å². The minimum atomic E-state index is -1.02. The van der Waals surface area contributed by atoms with Gasteiger partial charge in [-0.05, 0) is 12.8 Å². The Kier molecular flexibility index (Phi) is 3.46. The van der Waals surface area contributed by atoms with Crippen molar-refractivity contribution < 1.29 is 19.4 Å². The molecule has 0 aromatic carbocycles. The second-order valence-corrected chi connectivity index (χ2v) is 3.75. The van der Waals surface area contributed by atoms with Crippen LogP contribution in [0, 0.1) is 5.41 Å². The molecule has 0 aliphatic carbocycles. The van der Waals surface area contributed by atoms with Crippen molar-refractivity contribution in [2.75, 3.05) is 19.8 Å². The Balaban J connectivity index is 2.45. The average molecular weight is 201 g/mol. The van der Waals surface area contributed by atoms with Gasteiger partial charge in [-0.1, -0.05) is 6.92 Å². The van der Waals surface area contributed by atoms with Crippen LogP contribution in [0.4, 0.5) is 0 Å². The lowest BCUT2D eigenvalue weighted by molar-refractivity contribution is -0.141. The predicted octanol–water partition coefficient (Wildman–Crippen LogP) is 0.00390. The largest absolute Gasteiger partial charge is 0.480 e. The molecule has 0 radical (unpaired) electrons. The second kappa shape index (κ2) is 4.41. The van der Waals surface area contributed by atoms with Crippen molar-refractivity contribution in [2.24, 2.45) is 5.41 Å². The lowest BCUT2D eigenvalue weighted by Crippen LogP contribution is -2.44. The van der Waals surface area contributed by atoms with Gasteiger partial charge in [0.2, 0.25) is 5.91 Å². The van der Waals surface area contributed by atoms with Gasteiger partial charge in [-0.15, -0.1) is 0 Å². The van der Waals surface area contributed by atoms with E-state index in [1.165, 1.54) is 0 Å². The molecule has 0 bridgehead atoms. The van der Waals surface area contributed by atoms with Gasteiger partial charge < -0.3 is 15.2 Å². The molecule has 1 saturated heterocycles. The lowest BCUT2D eigenvalue weighted by atomic mass is 9.81. The fourth-order valence-electron chi connectivity index (χ4n) is 1.42. The van der Waals surface area contributed by atoms with E-state index < -0.39 is 11.4 Å². The fraction of sp³-hybridized carbons (Fsp3) is 0.778. The third-order valence-electron chi connectivity index (χ3n) is 2.54. The molecule has 14 heavy (non-hydrogen) atoms. The van der Waals surface area contributed by atoms with E-state index in [4.69, 9.17) is 9.84 Å². The van der Waals surface area contributed by atoms with E-state index in [2.05, 4.69) is 5.32 Å². The van der Waals surface area contributed by atoms with Crippen LogP contribution in [0.1, 0.15) is 19.8 Å². The minimum absolute atomic E-state index is 0.191. The summed E-state index contributed by atoms with van der Waals surface area (Å²) in [6.45, 7) is 2.66. The molecule has 1 fully saturated rings. The standard InChI is InChI=1S/C9H15NO4/c1-9(2-4-14-5-3-9)8(13)10-6-7(11)12/h2-6H2,1H3,(H,10,13)(H,11,12). The van der Waals surface area contributed by atoms with E-state index in [-0.39, 0.29) is 12.5 Å². The first-order chi connectivity index (χ1) is 6.54. The number of carboxylic acid groups (broad SMARTS) is 1. The summed E-state index contributed by atoms with van der Waals surface area (Å²) >= 11 is 0. The Hall–Kier alpha value is -1.10. The van der Waals surface area contributed by atoms with Gasteiger partial charge in [-0.2, -0.15) is 0 Å². The summed E-state index contributed by atoms with van der Waals surface area (Å²) in [5.74, 6) is -1.21. The highest BCUT2D eigenvalue weighted by molar-refractivity contribution is 5.85. The van der Waals surface area contributed by atoms with Gasteiger partial charge in [-0.25, -0.2) is 0 Å². The molecule has 5 heteroatoms. The second-order valence-electron chi connectivity index (χ2n) is 3.75. The number of carboxylic acids is 1. The Morgan fingerprint density at radius 2 is 2.00 bits per heavy atom. The summed E-state index contributed by atoms with van der Waals surface area (Å²) in [5, 5.41) is 10.8. The molecule has 0 spiro atoms. The number of amides is 1. The van der Waals surface area contributed by atoms with Gasteiger partial charge in [0.1, 0.15) is 6.54 Å². The number of hydrogen-bond donors (Lipinski definition) is 2. The van der Waals surface area contributed by atoms with Gasteiger partial charge in [0.15, 0.2) is 0 Å². The quantitative estimate of drug-likeness (QED) is 0.674. The summed E-state index contributed by atoms with van der Waals surface area (Å²) < 4.78 is 5.14. The molecule has 2 N–H and O–H groups in total. The number of carbonyl (C=O) groups is 2. The maximum absolute atomic E-state index is 11.6. The number of nitrogens with one attached hydrogen (secondary N) is 1. The van der Waals surface area contributed by atoms with Crippen LogP contribution < -0.4 is 5.32 Å². The number of rotatable bonds is 3. The third-order valence-corrected chi connectivity index (χ3v) is 2.54. The molecule has 80 valence electrons. The maximum Gasteiger partial charge on any atom is 0.322 e. The van der Waals surface area contributed by atoms with Crippen LogP contribution in [0.3, 0.4) is 0 Å². The Labute approximate surface area is 82.4 Å². The van der Waals surface area contributed by atoms with Crippen molar-refractivity contribution in [3.05, 3.63) is 0 Å². The molecule has 0 saturated carbocycles. The molecule has 5 nitrogen and oxygen atoms in total. The van der Waals surface area contributed by atoms with E-state index in [1.54, 1.807) is 0 Å². The highest BCUT2D eigenvalue weighted by Crippen LogP contribution is 2.29. The number of ether oxygens (including phenoxy) is 1. The van der Waals surface area contributed by atoms with E-state index in [1.807, 2.05) is 6.92 Å². The van der Waals surface area contributed by atoms with Crippen molar-refractivity contribution in [3.8, 4) is 0 Å². The van der Waals surface area contributed by atoms with Gasteiger partial charge in [0.05, 0.1) is 5.41 Å². The van der Waals surface area contributed by atoms with E-state index in [0.717, 1.165) is 0 Å². The monoisotopic (exact) mass is 201 g/mol. The molecule has 0 atom stereocenters. The van der Waals surface area contributed by atoms with Crippen molar-refractivity contribution in [3.63, 3.8) is 0 Å². The zero-order valence-corrected chi connectivity index (χ0v) is 8.21. The number of hydrogen-bond acceptors (Lipinski definition) is 3. The zero-order chi connectivity index (χ0) is 10.6. The topological polar surface area (TPSA) is 75.6 Å². The average Bonchev–Trinajstić information content (AvgIpc) is 2.15. The van der Waals surface area contributed by atoms with Crippen molar-refractivity contribution in [1.82, 2.24) is 5.32 Å². The SMILES string of the molecule is CC1(C(=O)NCC(=O)O)CCOCC1. The molecule has 1 heterocycles. The highest BCUT2D eigenvalue weighted by atomic mass is 16.5.